The highest BCUT2D eigenvalue weighted by Gasteiger charge is 2.33. The van der Waals surface area contributed by atoms with Crippen LogP contribution in [0.5, 0.6) is 0 Å². The van der Waals surface area contributed by atoms with Gasteiger partial charge in [-0.25, -0.2) is 0 Å². The standard InChI is InChI=1S/C12H19N3/c1-9(13)12(15(2)11-3-4-11)10-5-7-14-8-6-10/h5-9,11-12H,3-4,13H2,1-2H3. The van der Waals surface area contributed by atoms with Crippen molar-refractivity contribution >= 4 is 0 Å². The summed E-state index contributed by atoms with van der Waals surface area (Å²) in [5.41, 5.74) is 7.35. The summed E-state index contributed by atoms with van der Waals surface area (Å²) < 4.78 is 0. The Morgan fingerprint density at radius 3 is 2.47 bits per heavy atom. The molecule has 1 aromatic heterocycles. The van der Waals surface area contributed by atoms with Gasteiger partial charge in [0.15, 0.2) is 0 Å². The lowest BCUT2D eigenvalue weighted by molar-refractivity contribution is 0.209. The second kappa shape index (κ2) is 4.29. The second-order valence-electron chi connectivity index (χ2n) is 4.48. The molecule has 15 heavy (non-hydrogen) atoms. The van der Waals surface area contributed by atoms with Gasteiger partial charge in [0, 0.05) is 30.5 Å². The van der Waals surface area contributed by atoms with Gasteiger partial charge in [-0.2, -0.15) is 0 Å². The topological polar surface area (TPSA) is 42.1 Å². The first kappa shape index (κ1) is 10.6. The number of aromatic nitrogens is 1. The number of likely N-dealkylation sites (N-methyl/N-ethyl adjacent to an activating group) is 1. The third-order valence-electron chi connectivity index (χ3n) is 3.11. The van der Waals surface area contributed by atoms with Gasteiger partial charge in [0.05, 0.1) is 0 Å². The van der Waals surface area contributed by atoms with E-state index in [2.05, 4.69) is 36.0 Å². The maximum Gasteiger partial charge on any atom is 0.0497 e. The molecule has 0 aliphatic heterocycles. The lowest BCUT2D eigenvalue weighted by Gasteiger charge is -2.31. The first-order valence-electron chi connectivity index (χ1n) is 5.57. The Balaban J connectivity index is 2.19. The van der Waals surface area contributed by atoms with E-state index in [-0.39, 0.29) is 6.04 Å². The van der Waals surface area contributed by atoms with Crippen LogP contribution in [-0.2, 0) is 0 Å². The minimum Gasteiger partial charge on any atom is -0.326 e. The van der Waals surface area contributed by atoms with Crippen LogP contribution < -0.4 is 5.73 Å². The minimum atomic E-state index is 0.151. The molecule has 0 aromatic carbocycles. The fourth-order valence-corrected chi connectivity index (χ4v) is 2.18. The number of rotatable bonds is 4. The fourth-order valence-electron chi connectivity index (χ4n) is 2.18. The van der Waals surface area contributed by atoms with E-state index in [0.717, 1.165) is 6.04 Å². The molecular formula is C12H19N3. The molecule has 1 aliphatic rings. The number of nitrogens with two attached hydrogens (primary N) is 1. The maximum absolute atomic E-state index is 6.07. The molecule has 3 heteroatoms. The van der Waals surface area contributed by atoms with Gasteiger partial charge in [-0.3, -0.25) is 9.88 Å². The third-order valence-corrected chi connectivity index (χ3v) is 3.11. The zero-order valence-electron chi connectivity index (χ0n) is 9.43. The van der Waals surface area contributed by atoms with Gasteiger partial charge in [0.25, 0.3) is 0 Å². The summed E-state index contributed by atoms with van der Waals surface area (Å²) >= 11 is 0. The van der Waals surface area contributed by atoms with Crippen LogP contribution in [0.1, 0.15) is 31.4 Å². The molecule has 2 atom stereocenters. The predicted molar refractivity (Wildman–Crippen MR) is 61.4 cm³/mol. The van der Waals surface area contributed by atoms with Gasteiger partial charge in [0.1, 0.15) is 0 Å². The molecule has 0 saturated heterocycles. The molecule has 1 fully saturated rings. The van der Waals surface area contributed by atoms with Crippen molar-refractivity contribution in [1.82, 2.24) is 9.88 Å². The summed E-state index contributed by atoms with van der Waals surface area (Å²) in [6.07, 6.45) is 6.30. The van der Waals surface area contributed by atoms with Crippen molar-refractivity contribution in [2.75, 3.05) is 7.05 Å². The Kier molecular flexibility index (Phi) is 3.03. The van der Waals surface area contributed by atoms with Gasteiger partial charge in [-0.15, -0.1) is 0 Å². The molecular weight excluding hydrogens is 186 g/mol. The van der Waals surface area contributed by atoms with Crippen molar-refractivity contribution < 1.29 is 0 Å². The van der Waals surface area contributed by atoms with E-state index in [9.17, 15) is 0 Å². The van der Waals surface area contributed by atoms with Crippen molar-refractivity contribution in [2.45, 2.75) is 37.9 Å². The normalized spacial score (nSPS) is 20.3. The van der Waals surface area contributed by atoms with Crippen LogP contribution in [0.4, 0.5) is 0 Å². The molecule has 0 radical (unpaired) electrons. The first-order chi connectivity index (χ1) is 7.20. The zero-order chi connectivity index (χ0) is 10.8. The molecule has 0 bridgehead atoms. The summed E-state index contributed by atoms with van der Waals surface area (Å²) in [5.74, 6) is 0. The average molecular weight is 205 g/mol. The van der Waals surface area contributed by atoms with E-state index >= 15 is 0 Å². The fraction of sp³-hybridized carbons (Fsp3) is 0.583. The van der Waals surface area contributed by atoms with E-state index in [1.165, 1.54) is 18.4 Å². The minimum absolute atomic E-state index is 0.151. The Morgan fingerprint density at radius 2 is 2.00 bits per heavy atom. The smallest absolute Gasteiger partial charge is 0.0497 e. The van der Waals surface area contributed by atoms with E-state index in [1.807, 2.05) is 12.4 Å². The van der Waals surface area contributed by atoms with Crippen molar-refractivity contribution in [3.05, 3.63) is 30.1 Å². The van der Waals surface area contributed by atoms with Crippen molar-refractivity contribution in [3.63, 3.8) is 0 Å². The maximum atomic E-state index is 6.07. The number of nitrogens with zero attached hydrogens (tertiary/aromatic N) is 2. The van der Waals surface area contributed by atoms with E-state index in [0.29, 0.717) is 6.04 Å². The zero-order valence-corrected chi connectivity index (χ0v) is 9.43. The molecule has 2 N–H and O–H groups in total. The molecule has 1 aromatic rings. The SMILES string of the molecule is CC(N)C(c1ccncc1)N(C)C1CC1. The second-order valence-corrected chi connectivity index (χ2v) is 4.48. The van der Waals surface area contributed by atoms with E-state index in [1.54, 1.807) is 0 Å². The molecule has 3 nitrogen and oxygen atoms in total. The monoisotopic (exact) mass is 205 g/mol. The quantitative estimate of drug-likeness (QED) is 0.811. The summed E-state index contributed by atoms with van der Waals surface area (Å²) in [6, 6.07) is 5.33. The highest BCUT2D eigenvalue weighted by Crippen LogP contribution is 2.33. The first-order valence-corrected chi connectivity index (χ1v) is 5.57. The van der Waals surface area contributed by atoms with Crippen LogP contribution in [0.15, 0.2) is 24.5 Å². The van der Waals surface area contributed by atoms with Crippen LogP contribution in [0.3, 0.4) is 0 Å². The van der Waals surface area contributed by atoms with Crippen LogP contribution in [0.25, 0.3) is 0 Å². The van der Waals surface area contributed by atoms with Crippen LogP contribution >= 0.6 is 0 Å². The van der Waals surface area contributed by atoms with Gasteiger partial charge in [-0.05, 0) is 44.5 Å². The number of hydrogen-bond acceptors (Lipinski definition) is 3. The largest absolute Gasteiger partial charge is 0.326 e. The summed E-state index contributed by atoms with van der Waals surface area (Å²) in [7, 11) is 2.17. The summed E-state index contributed by atoms with van der Waals surface area (Å²) in [6.45, 7) is 2.07. The molecule has 0 spiro atoms. The van der Waals surface area contributed by atoms with Crippen molar-refractivity contribution in [2.24, 2.45) is 5.73 Å². The molecule has 1 heterocycles. The lowest BCUT2D eigenvalue weighted by Crippen LogP contribution is -2.38. The molecule has 0 amide bonds. The average Bonchev–Trinajstić information content (AvgIpc) is 3.02. The van der Waals surface area contributed by atoms with Crippen LogP contribution in [0, 0.1) is 0 Å². The van der Waals surface area contributed by atoms with Crippen LogP contribution in [-0.4, -0.2) is 29.0 Å². The number of pyridine rings is 1. The molecule has 2 unspecified atom stereocenters. The van der Waals surface area contributed by atoms with Gasteiger partial charge in [-0.1, -0.05) is 0 Å². The molecule has 1 saturated carbocycles. The highest BCUT2D eigenvalue weighted by atomic mass is 15.2. The van der Waals surface area contributed by atoms with Crippen molar-refractivity contribution in [3.8, 4) is 0 Å². The van der Waals surface area contributed by atoms with Crippen molar-refractivity contribution in [1.29, 1.82) is 0 Å². The van der Waals surface area contributed by atoms with E-state index in [4.69, 9.17) is 5.73 Å². The lowest BCUT2D eigenvalue weighted by atomic mass is 10.0. The van der Waals surface area contributed by atoms with Gasteiger partial charge < -0.3 is 5.73 Å². The Bertz CT molecular complexity index is 306. The Labute approximate surface area is 91.3 Å². The summed E-state index contributed by atoms with van der Waals surface area (Å²) in [5, 5.41) is 0. The van der Waals surface area contributed by atoms with Crippen LogP contribution in [0.2, 0.25) is 0 Å². The summed E-state index contributed by atoms with van der Waals surface area (Å²) in [4.78, 5) is 6.45. The third kappa shape index (κ3) is 2.36. The van der Waals surface area contributed by atoms with Gasteiger partial charge >= 0.3 is 0 Å². The number of hydrogen-bond donors (Lipinski definition) is 1. The molecule has 2 rings (SSSR count). The highest BCUT2D eigenvalue weighted by molar-refractivity contribution is 5.17. The predicted octanol–water partition coefficient (Wildman–Crippen LogP) is 1.56. The molecule has 1 aliphatic carbocycles. The molecule has 82 valence electrons. The van der Waals surface area contributed by atoms with E-state index < -0.39 is 0 Å². The Hall–Kier alpha value is -0.930. The Morgan fingerprint density at radius 1 is 1.40 bits per heavy atom. The van der Waals surface area contributed by atoms with Gasteiger partial charge in [0.2, 0.25) is 0 Å².